The first-order chi connectivity index (χ1) is 7.27. The monoisotopic (exact) mass is 206 g/mol. The Morgan fingerprint density at radius 2 is 2.47 bits per heavy atom. The highest BCUT2D eigenvalue weighted by molar-refractivity contribution is 5.68. The summed E-state index contributed by atoms with van der Waals surface area (Å²) < 4.78 is 0. The van der Waals surface area contributed by atoms with Crippen LogP contribution in [0.1, 0.15) is 18.4 Å². The molecule has 15 heavy (non-hydrogen) atoms. The van der Waals surface area contributed by atoms with Crippen LogP contribution in [0.15, 0.2) is 18.5 Å². The van der Waals surface area contributed by atoms with Crippen molar-refractivity contribution in [1.29, 1.82) is 0 Å². The van der Waals surface area contributed by atoms with Crippen LogP contribution in [0.25, 0.3) is 0 Å². The molecule has 4 nitrogen and oxygen atoms in total. The highest BCUT2D eigenvalue weighted by Gasteiger charge is 2.16. The van der Waals surface area contributed by atoms with Gasteiger partial charge in [0.05, 0.1) is 18.3 Å². The second-order valence-electron chi connectivity index (χ2n) is 3.74. The third-order valence-electron chi connectivity index (χ3n) is 2.70. The average molecular weight is 206 g/mol. The zero-order valence-electron chi connectivity index (χ0n) is 8.52. The largest absolute Gasteiger partial charge is 0.481 e. The number of nitrogens with zero attached hydrogens (tertiary/aromatic N) is 2. The number of carboxylic acids is 1. The van der Waals surface area contributed by atoms with Gasteiger partial charge in [-0.05, 0) is 24.5 Å². The summed E-state index contributed by atoms with van der Waals surface area (Å²) >= 11 is 0. The first kappa shape index (κ1) is 9.96. The molecule has 2 rings (SSSR count). The van der Waals surface area contributed by atoms with Crippen molar-refractivity contribution < 1.29 is 9.90 Å². The van der Waals surface area contributed by atoms with E-state index in [1.54, 1.807) is 6.20 Å². The molecule has 2 heterocycles. The van der Waals surface area contributed by atoms with E-state index in [1.165, 1.54) is 5.56 Å². The van der Waals surface area contributed by atoms with E-state index in [9.17, 15) is 4.79 Å². The maximum Gasteiger partial charge on any atom is 0.305 e. The minimum atomic E-state index is -0.744. The number of rotatable bonds is 3. The van der Waals surface area contributed by atoms with E-state index in [0.29, 0.717) is 6.54 Å². The number of hydrogen-bond acceptors (Lipinski definition) is 3. The Labute approximate surface area is 88.6 Å². The molecule has 1 aliphatic heterocycles. The van der Waals surface area contributed by atoms with Gasteiger partial charge in [0, 0.05) is 19.3 Å². The van der Waals surface area contributed by atoms with Crippen LogP contribution >= 0.6 is 0 Å². The average Bonchev–Trinajstić information content (AvgIpc) is 2.26. The number of hydrogen-bond donors (Lipinski definition) is 1. The van der Waals surface area contributed by atoms with Crippen LogP contribution in [0.2, 0.25) is 0 Å². The van der Waals surface area contributed by atoms with Crippen LogP contribution < -0.4 is 4.90 Å². The molecule has 1 aromatic rings. The smallest absolute Gasteiger partial charge is 0.305 e. The summed E-state index contributed by atoms with van der Waals surface area (Å²) in [5.41, 5.74) is 2.38. The van der Waals surface area contributed by atoms with Crippen molar-refractivity contribution in [2.45, 2.75) is 19.3 Å². The number of anilines is 1. The number of aryl methyl sites for hydroxylation is 1. The Bertz CT molecular complexity index is 365. The van der Waals surface area contributed by atoms with Gasteiger partial charge in [-0.25, -0.2) is 0 Å². The summed E-state index contributed by atoms with van der Waals surface area (Å²) in [7, 11) is 0. The molecule has 0 radical (unpaired) electrons. The second-order valence-corrected chi connectivity index (χ2v) is 3.74. The van der Waals surface area contributed by atoms with Gasteiger partial charge in [-0.3, -0.25) is 9.78 Å². The lowest BCUT2D eigenvalue weighted by molar-refractivity contribution is -0.136. The summed E-state index contributed by atoms with van der Waals surface area (Å²) in [5.74, 6) is -0.744. The molecule has 80 valence electrons. The van der Waals surface area contributed by atoms with Crippen LogP contribution in [0.5, 0.6) is 0 Å². The van der Waals surface area contributed by atoms with Gasteiger partial charge in [-0.15, -0.1) is 0 Å². The normalized spacial score (nSPS) is 14.8. The van der Waals surface area contributed by atoms with Gasteiger partial charge < -0.3 is 10.0 Å². The summed E-state index contributed by atoms with van der Waals surface area (Å²) in [6.07, 6.45) is 5.97. The Balaban J connectivity index is 2.11. The lowest BCUT2D eigenvalue weighted by atomic mass is 10.0. The van der Waals surface area contributed by atoms with Gasteiger partial charge in [0.15, 0.2) is 0 Å². The maximum absolute atomic E-state index is 10.5. The molecule has 1 N–H and O–H groups in total. The number of pyridine rings is 1. The van der Waals surface area contributed by atoms with Crippen LogP contribution in [-0.2, 0) is 11.2 Å². The number of carbonyl (C=O) groups is 1. The standard InChI is InChI=1S/C11H14N2O2/c14-11(15)4-7-13-6-1-2-9-3-5-12-8-10(9)13/h3,5,8H,1-2,4,6-7H2,(H,14,15). The molecule has 0 saturated carbocycles. The van der Waals surface area contributed by atoms with Crippen LogP contribution in [-0.4, -0.2) is 29.1 Å². The molecule has 0 unspecified atom stereocenters. The molecule has 0 spiro atoms. The first-order valence-corrected chi connectivity index (χ1v) is 5.17. The topological polar surface area (TPSA) is 53.4 Å². The summed E-state index contributed by atoms with van der Waals surface area (Å²) in [5, 5.41) is 8.65. The Hall–Kier alpha value is -1.58. The van der Waals surface area contributed by atoms with Crippen LogP contribution in [0.4, 0.5) is 5.69 Å². The Morgan fingerprint density at radius 3 is 3.27 bits per heavy atom. The van der Waals surface area contributed by atoms with Crippen molar-refractivity contribution in [3.8, 4) is 0 Å². The molecule has 0 aliphatic carbocycles. The third kappa shape index (κ3) is 2.26. The van der Waals surface area contributed by atoms with Crippen molar-refractivity contribution in [1.82, 2.24) is 4.98 Å². The van der Waals surface area contributed by atoms with Crippen LogP contribution in [0.3, 0.4) is 0 Å². The number of fused-ring (bicyclic) bond motifs is 1. The molecule has 0 bridgehead atoms. The lowest BCUT2D eigenvalue weighted by Gasteiger charge is -2.30. The van der Waals surface area contributed by atoms with E-state index in [0.717, 1.165) is 25.1 Å². The minimum absolute atomic E-state index is 0.189. The molecule has 0 fully saturated rings. The Kier molecular flexibility index (Phi) is 2.85. The molecule has 0 saturated heterocycles. The van der Waals surface area contributed by atoms with Crippen LogP contribution in [0, 0.1) is 0 Å². The fraction of sp³-hybridized carbons (Fsp3) is 0.455. The van der Waals surface area contributed by atoms with E-state index in [4.69, 9.17) is 5.11 Å². The SMILES string of the molecule is O=C(O)CCN1CCCc2ccncc21. The molecular weight excluding hydrogens is 192 g/mol. The van der Waals surface area contributed by atoms with Gasteiger partial charge >= 0.3 is 5.97 Å². The van der Waals surface area contributed by atoms with Crippen molar-refractivity contribution in [3.05, 3.63) is 24.0 Å². The van der Waals surface area contributed by atoms with Gasteiger partial charge in [0.1, 0.15) is 0 Å². The van der Waals surface area contributed by atoms with E-state index in [1.807, 2.05) is 12.3 Å². The fourth-order valence-corrected chi connectivity index (χ4v) is 1.95. The van der Waals surface area contributed by atoms with E-state index in [-0.39, 0.29) is 6.42 Å². The number of aromatic nitrogens is 1. The summed E-state index contributed by atoms with van der Waals surface area (Å²) in [4.78, 5) is 16.7. The highest BCUT2D eigenvalue weighted by atomic mass is 16.4. The number of aliphatic carboxylic acids is 1. The molecule has 1 aliphatic rings. The Morgan fingerprint density at radius 1 is 1.60 bits per heavy atom. The van der Waals surface area contributed by atoms with E-state index >= 15 is 0 Å². The van der Waals surface area contributed by atoms with Crippen molar-refractivity contribution in [3.63, 3.8) is 0 Å². The quantitative estimate of drug-likeness (QED) is 0.810. The zero-order valence-corrected chi connectivity index (χ0v) is 8.52. The molecule has 0 atom stereocenters. The first-order valence-electron chi connectivity index (χ1n) is 5.17. The zero-order chi connectivity index (χ0) is 10.7. The molecule has 4 heteroatoms. The summed E-state index contributed by atoms with van der Waals surface area (Å²) in [6.45, 7) is 1.51. The highest BCUT2D eigenvalue weighted by Crippen LogP contribution is 2.25. The lowest BCUT2D eigenvalue weighted by Crippen LogP contribution is -2.31. The van der Waals surface area contributed by atoms with Gasteiger partial charge in [-0.1, -0.05) is 0 Å². The molecule has 1 aromatic heterocycles. The third-order valence-corrected chi connectivity index (χ3v) is 2.70. The fourth-order valence-electron chi connectivity index (χ4n) is 1.95. The van der Waals surface area contributed by atoms with Gasteiger partial charge in [0.2, 0.25) is 0 Å². The van der Waals surface area contributed by atoms with Crippen molar-refractivity contribution in [2.75, 3.05) is 18.0 Å². The van der Waals surface area contributed by atoms with Gasteiger partial charge in [-0.2, -0.15) is 0 Å². The van der Waals surface area contributed by atoms with Crippen molar-refractivity contribution >= 4 is 11.7 Å². The molecular formula is C11H14N2O2. The van der Waals surface area contributed by atoms with Crippen molar-refractivity contribution in [2.24, 2.45) is 0 Å². The predicted molar refractivity (Wildman–Crippen MR) is 57.0 cm³/mol. The molecule has 0 amide bonds. The molecule has 0 aromatic carbocycles. The maximum atomic E-state index is 10.5. The second kappa shape index (κ2) is 4.29. The van der Waals surface area contributed by atoms with E-state index in [2.05, 4.69) is 9.88 Å². The number of carboxylic acid groups (broad SMARTS) is 1. The minimum Gasteiger partial charge on any atom is -0.481 e. The summed E-state index contributed by atoms with van der Waals surface area (Å²) in [6, 6.07) is 2.02. The van der Waals surface area contributed by atoms with Gasteiger partial charge in [0.25, 0.3) is 0 Å². The van der Waals surface area contributed by atoms with E-state index < -0.39 is 5.97 Å². The predicted octanol–water partition coefficient (Wildman–Crippen LogP) is 1.31.